The maximum atomic E-state index is 11.8. The Morgan fingerprint density at radius 1 is 1.13 bits per heavy atom. The molecule has 0 radical (unpaired) electrons. The van der Waals surface area contributed by atoms with Crippen LogP contribution >= 0.6 is 11.6 Å². The average Bonchev–Trinajstić information content (AvgIpc) is 2.56. The van der Waals surface area contributed by atoms with Crippen LogP contribution < -0.4 is 10.7 Å². The highest BCUT2D eigenvalue weighted by molar-refractivity contribution is 6.40. The number of nitrogens with zero attached hydrogens (tertiary/aromatic N) is 2. The van der Waals surface area contributed by atoms with Gasteiger partial charge in [-0.1, -0.05) is 17.7 Å². The van der Waals surface area contributed by atoms with Crippen LogP contribution in [0.25, 0.3) is 0 Å². The minimum atomic E-state index is -0.866. The monoisotopic (exact) mass is 330 g/mol. The third-order valence-corrected chi connectivity index (χ3v) is 3.47. The van der Waals surface area contributed by atoms with Gasteiger partial charge in [0.25, 0.3) is 0 Å². The molecule has 0 atom stereocenters. The minimum Gasteiger partial charge on any atom is -0.318 e. The zero-order valence-corrected chi connectivity index (χ0v) is 13.4. The Kier molecular flexibility index (Phi) is 5.43. The fourth-order valence-electron chi connectivity index (χ4n) is 1.70. The summed E-state index contributed by atoms with van der Waals surface area (Å²) in [6.45, 7) is 3.56. The van der Waals surface area contributed by atoms with E-state index >= 15 is 0 Å². The standard InChI is InChI=1S/C16H15ClN4O2/c1-10-3-4-13(9-14(10)17)19-15(22)16(23)21-20-11(2)12-5-7-18-8-6-12/h3-9H,1-2H3,(H,19,22)(H,21,23)/b20-11-. The Bertz CT molecular complexity index is 760. The van der Waals surface area contributed by atoms with Gasteiger partial charge in [0.05, 0.1) is 5.71 Å². The molecule has 0 spiro atoms. The smallest absolute Gasteiger partial charge is 0.318 e. The van der Waals surface area contributed by atoms with Crippen molar-refractivity contribution in [2.24, 2.45) is 5.10 Å². The van der Waals surface area contributed by atoms with E-state index in [-0.39, 0.29) is 0 Å². The maximum absolute atomic E-state index is 11.8. The number of hydrazone groups is 1. The molecule has 0 aliphatic carbocycles. The summed E-state index contributed by atoms with van der Waals surface area (Å²) in [5, 5.41) is 6.86. The maximum Gasteiger partial charge on any atom is 0.329 e. The van der Waals surface area contributed by atoms with E-state index in [1.165, 1.54) is 0 Å². The van der Waals surface area contributed by atoms with E-state index in [0.717, 1.165) is 11.1 Å². The van der Waals surface area contributed by atoms with Gasteiger partial charge in [-0.05, 0) is 43.7 Å². The molecule has 7 heteroatoms. The number of carbonyl (C=O) groups excluding carboxylic acids is 2. The summed E-state index contributed by atoms with van der Waals surface area (Å²) in [5.41, 5.74) is 4.89. The van der Waals surface area contributed by atoms with Crippen LogP contribution in [0.4, 0.5) is 5.69 Å². The van der Waals surface area contributed by atoms with Gasteiger partial charge in [-0.2, -0.15) is 5.10 Å². The molecule has 1 heterocycles. The van der Waals surface area contributed by atoms with E-state index in [4.69, 9.17) is 11.6 Å². The highest BCUT2D eigenvalue weighted by atomic mass is 35.5. The summed E-state index contributed by atoms with van der Waals surface area (Å²) < 4.78 is 0. The van der Waals surface area contributed by atoms with E-state index in [2.05, 4.69) is 20.8 Å². The van der Waals surface area contributed by atoms with Crippen molar-refractivity contribution in [3.63, 3.8) is 0 Å². The van der Waals surface area contributed by atoms with Gasteiger partial charge in [0.2, 0.25) is 0 Å². The molecule has 23 heavy (non-hydrogen) atoms. The first-order chi connectivity index (χ1) is 11.0. The molecular weight excluding hydrogens is 316 g/mol. The lowest BCUT2D eigenvalue weighted by Crippen LogP contribution is -2.32. The highest BCUT2D eigenvalue weighted by Crippen LogP contribution is 2.19. The number of anilines is 1. The van der Waals surface area contributed by atoms with Crippen LogP contribution in [0.1, 0.15) is 18.1 Å². The first kappa shape index (κ1) is 16.6. The van der Waals surface area contributed by atoms with Gasteiger partial charge in [0.1, 0.15) is 0 Å². The van der Waals surface area contributed by atoms with Crippen LogP contribution in [0, 0.1) is 6.92 Å². The predicted octanol–water partition coefficient (Wildman–Crippen LogP) is 2.52. The normalized spacial score (nSPS) is 11.0. The first-order valence-corrected chi connectivity index (χ1v) is 7.17. The third kappa shape index (κ3) is 4.62. The van der Waals surface area contributed by atoms with Gasteiger partial charge in [-0.3, -0.25) is 14.6 Å². The number of carbonyl (C=O) groups is 2. The molecule has 6 nitrogen and oxygen atoms in total. The summed E-state index contributed by atoms with van der Waals surface area (Å²) in [7, 11) is 0. The van der Waals surface area contributed by atoms with E-state index in [0.29, 0.717) is 16.4 Å². The SMILES string of the molecule is C/C(=N/NC(=O)C(=O)Nc1ccc(C)c(Cl)c1)c1ccncc1. The van der Waals surface area contributed by atoms with Gasteiger partial charge in [-0.25, -0.2) is 5.43 Å². The number of aromatic nitrogens is 1. The molecule has 118 valence electrons. The van der Waals surface area contributed by atoms with Crippen LogP contribution in [0.5, 0.6) is 0 Å². The lowest BCUT2D eigenvalue weighted by atomic mass is 10.2. The number of aryl methyl sites for hydroxylation is 1. The zero-order chi connectivity index (χ0) is 16.8. The summed E-state index contributed by atoms with van der Waals surface area (Å²) in [4.78, 5) is 27.5. The van der Waals surface area contributed by atoms with Crippen LogP contribution in [0.3, 0.4) is 0 Å². The van der Waals surface area contributed by atoms with Crippen LogP contribution in [-0.2, 0) is 9.59 Å². The van der Waals surface area contributed by atoms with Gasteiger partial charge in [0.15, 0.2) is 0 Å². The van der Waals surface area contributed by atoms with Crippen LogP contribution in [-0.4, -0.2) is 22.5 Å². The topological polar surface area (TPSA) is 83.5 Å². The van der Waals surface area contributed by atoms with Crippen molar-refractivity contribution in [2.75, 3.05) is 5.32 Å². The third-order valence-electron chi connectivity index (χ3n) is 3.06. The second kappa shape index (κ2) is 7.51. The van der Waals surface area contributed by atoms with Crippen molar-refractivity contribution in [2.45, 2.75) is 13.8 Å². The van der Waals surface area contributed by atoms with E-state index < -0.39 is 11.8 Å². The second-order valence-electron chi connectivity index (χ2n) is 4.79. The van der Waals surface area contributed by atoms with Gasteiger partial charge in [-0.15, -0.1) is 0 Å². The molecule has 0 unspecified atom stereocenters. The molecule has 0 aliphatic heterocycles. The number of nitrogens with one attached hydrogen (secondary N) is 2. The van der Waals surface area contributed by atoms with Gasteiger partial charge in [0, 0.05) is 28.7 Å². The molecule has 1 aromatic carbocycles. The summed E-state index contributed by atoms with van der Waals surface area (Å²) in [6.07, 6.45) is 3.23. The molecule has 2 amide bonds. The Morgan fingerprint density at radius 2 is 1.83 bits per heavy atom. The van der Waals surface area contributed by atoms with Crippen molar-refractivity contribution >= 4 is 34.8 Å². The van der Waals surface area contributed by atoms with Crippen molar-refractivity contribution in [3.05, 3.63) is 58.9 Å². The van der Waals surface area contributed by atoms with E-state index in [1.54, 1.807) is 49.6 Å². The fraction of sp³-hybridized carbons (Fsp3) is 0.125. The van der Waals surface area contributed by atoms with Crippen molar-refractivity contribution in [3.8, 4) is 0 Å². The van der Waals surface area contributed by atoms with Crippen molar-refractivity contribution in [1.29, 1.82) is 0 Å². The van der Waals surface area contributed by atoms with Gasteiger partial charge >= 0.3 is 11.8 Å². The lowest BCUT2D eigenvalue weighted by Gasteiger charge is -2.06. The summed E-state index contributed by atoms with van der Waals surface area (Å²) in [6, 6.07) is 8.49. The second-order valence-corrected chi connectivity index (χ2v) is 5.20. The molecule has 2 N–H and O–H groups in total. The van der Waals surface area contributed by atoms with E-state index in [9.17, 15) is 9.59 Å². The van der Waals surface area contributed by atoms with E-state index in [1.807, 2.05) is 6.92 Å². The lowest BCUT2D eigenvalue weighted by molar-refractivity contribution is -0.136. The number of hydrogen-bond acceptors (Lipinski definition) is 4. The predicted molar refractivity (Wildman–Crippen MR) is 89.4 cm³/mol. The zero-order valence-electron chi connectivity index (χ0n) is 12.6. The number of pyridine rings is 1. The largest absolute Gasteiger partial charge is 0.329 e. The summed E-state index contributed by atoms with van der Waals surface area (Å²) >= 11 is 5.97. The molecule has 0 fully saturated rings. The Hall–Kier alpha value is -2.73. The molecule has 2 rings (SSSR count). The molecule has 2 aromatic rings. The number of benzene rings is 1. The Labute approximate surface area is 138 Å². The van der Waals surface area contributed by atoms with Crippen molar-refractivity contribution in [1.82, 2.24) is 10.4 Å². The van der Waals surface area contributed by atoms with Crippen molar-refractivity contribution < 1.29 is 9.59 Å². The highest BCUT2D eigenvalue weighted by Gasteiger charge is 2.13. The fourth-order valence-corrected chi connectivity index (χ4v) is 1.88. The molecule has 0 aliphatic rings. The number of rotatable bonds is 3. The number of halogens is 1. The Balaban J connectivity index is 1.97. The van der Waals surface area contributed by atoms with Gasteiger partial charge < -0.3 is 5.32 Å². The molecule has 1 aromatic heterocycles. The van der Waals surface area contributed by atoms with Crippen LogP contribution in [0.2, 0.25) is 5.02 Å². The first-order valence-electron chi connectivity index (χ1n) is 6.79. The molecular formula is C16H15ClN4O2. The summed E-state index contributed by atoms with van der Waals surface area (Å²) in [5.74, 6) is -1.69. The quantitative estimate of drug-likeness (QED) is 0.515. The average molecular weight is 331 g/mol. The molecule has 0 saturated heterocycles. The molecule has 0 bridgehead atoms. The Morgan fingerprint density at radius 3 is 2.48 bits per heavy atom. The molecule has 0 saturated carbocycles. The minimum absolute atomic E-state index is 0.440. The number of amides is 2. The number of hydrogen-bond donors (Lipinski definition) is 2. The van der Waals surface area contributed by atoms with Crippen LogP contribution in [0.15, 0.2) is 47.8 Å².